The van der Waals surface area contributed by atoms with Gasteiger partial charge in [0.15, 0.2) is 0 Å². The quantitative estimate of drug-likeness (QED) is 0.809. The van der Waals surface area contributed by atoms with E-state index in [4.69, 9.17) is 16.7 Å². The van der Waals surface area contributed by atoms with Gasteiger partial charge in [-0.15, -0.1) is 0 Å². The maximum absolute atomic E-state index is 11.9. The lowest BCUT2D eigenvalue weighted by Gasteiger charge is -2.11. The molecule has 0 spiro atoms. The number of nitrogens with one attached hydrogen (secondary N) is 1. The lowest BCUT2D eigenvalue weighted by atomic mass is 10.2. The van der Waals surface area contributed by atoms with Gasteiger partial charge in [-0.25, -0.2) is 13.1 Å². The minimum absolute atomic E-state index is 0.106. The molecule has 0 heterocycles. The summed E-state index contributed by atoms with van der Waals surface area (Å²) in [5.74, 6) is 0. The lowest BCUT2D eigenvalue weighted by Crippen LogP contribution is -2.31. The molecule has 0 aromatic heterocycles. The molecule has 0 saturated carbocycles. The Morgan fingerprint density at radius 3 is 2.61 bits per heavy atom. The van der Waals surface area contributed by atoms with Crippen molar-refractivity contribution < 1.29 is 13.5 Å². The summed E-state index contributed by atoms with van der Waals surface area (Å²) in [5.41, 5.74) is 0.396. The number of hydrogen-bond acceptors (Lipinski definition) is 4. The summed E-state index contributed by atoms with van der Waals surface area (Å²) in [7, 11) is 0.171. The van der Waals surface area contributed by atoms with E-state index in [2.05, 4.69) is 4.72 Å². The smallest absolute Gasteiger partial charge is 0.240 e. The van der Waals surface area contributed by atoms with Crippen molar-refractivity contribution in [2.24, 2.45) is 0 Å². The number of nitrogens with zero attached hydrogens (tertiary/aromatic N) is 1. The molecule has 5 nitrogen and oxygen atoms in total. The van der Waals surface area contributed by atoms with Crippen LogP contribution in [0.25, 0.3) is 0 Å². The van der Waals surface area contributed by atoms with Gasteiger partial charge in [0.05, 0.1) is 11.5 Å². The molecular formula is C11H17ClN2O3S. The Hall–Kier alpha value is -0.660. The number of halogens is 1. The summed E-state index contributed by atoms with van der Waals surface area (Å²) in [6.07, 6.45) is 0. The summed E-state index contributed by atoms with van der Waals surface area (Å²) >= 11 is 5.81. The molecule has 0 aliphatic heterocycles. The van der Waals surface area contributed by atoms with Crippen LogP contribution in [0.4, 0.5) is 0 Å². The van der Waals surface area contributed by atoms with Gasteiger partial charge in [-0.1, -0.05) is 11.6 Å². The molecule has 7 heteroatoms. The molecule has 0 aliphatic carbocycles. The molecule has 2 N–H and O–H groups in total. The van der Waals surface area contributed by atoms with Crippen molar-refractivity contribution in [3.63, 3.8) is 0 Å². The van der Waals surface area contributed by atoms with Gasteiger partial charge in [-0.05, 0) is 37.9 Å². The Kier molecular flexibility index (Phi) is 5.55. The van der Waals surface area contributed by atoms with Crippen LogP contribution in [-0.2, 0) is 16.6 Å². The van der Waals surface area contributed by atoms with Crippen molar-refractivity contribution in [2.75, 3.05) is 27.2 Å². The highest BCUT2D eigenvalue weighted by Crippen LogP contribution is 2.20. The first kappa shape index (κ1) is 15.4. The van der Waals surface area contributed by atoms with Crippen LogP contribution in [0.15, 0.2) is 23.1 Å². The second-order valence-corrected chi connectivity index (χ2v) is 6.29. The van der Waals surface area contributed by atoms with Gasteiger partial charge in [-0.2, -0.15) is 0 Å². The number of likely N-dealkylation sites (N-methyl/N-ethyl adjacent to an activating group) is 1. The van der Waals surface area contributed by atoms with Gasteiger partial charge >= 0.3 is 0 Å². The van der Waals surface area contributed by atoms with E-state index in [0.717, 1.165) is 0 Å². The molecular weight excluding hydrogens is 276 g/mol. The highest BCUT2D eigenvalue weighted by Gasteiger charge is 2.15. The van der Waals surface area contributed by atoms with Crippen molar-refractivity contribution in [3.05, 3.63) is 28.8 Å². The normalized spacial score (nSPS) is 12.1. The third kappa shape index (κ3) is 4.22. The molecule has 0 aliphatic rings. The minimum Gasteiger partial charge on any atom is -0.392 e. The van der Waals surface area contributed by atoms with E-state index in [-0.39, 0.29) is 11.5 Å². The van der Waals surface area contributed by atoms with Crippen LogP contribution < -0.4 is 4.72 Å². The fourth-order valence-electron chi connectivity index (χ4n) is 1.33. The number of benzene rings is 1. The van der Waals surface area contributed by atoms with Gasteiger partial charge < -0.3 is 10.0 Å². The van der Waals surface area contributed by atoms with Crippen molar-refractivity contribution >= 4 is 21.6 Å². The summed E-state index contributed by atoms with van der Waals surface area (Å²) in [4.78, 5) is 1.98. The molecule has 0 saturated heterocycles. The van der Waals surface area contributed by atoms with Crippen molar-refractivity contribution in [1.82, 2.24) is 9.62 Å². The number of aliphatic hydroxyl groups excluding tert-OH is 1. The molecule has 102 valence electrons. The Morgan fingerprint density at radius 2 is 2.06 bits per heavy atom. The molecule has 0 radical (unpaired) electrons. The monoisotopic (exact) mass is 292 g/mol. The van der Waals surface area contributed by atoms with Crippen LogP contribution in [0.2, 0.25) is 5.02 Å². The Labute approximate surface area is 112 Å². The third-order valence-corrected chi connectivity index (χ3v) is 4.18. The summed E-state index contributed by atoms with van der Waals surface area (Å²) in [6, 6.07) is 4.26. The van der Waals surface area contributed by atoms with Crippen LogP contribution in [-0.4, -0.2) is 45.6 Å². The molecule has 0 unspecified atom stereocenters. The van der Waals surface area contributed by atoms with Crippen LogP contribution >= 0.6 is 11.6 Å². The van der Waals surface area contributed by atoms with E-state index >= 15 is 0 Å². The fraction of sp³-hybridized carbons (Fsp3) is 0.455. The predicted molar refractivity (Wildman–Crippen MR) is 71.1 cm³/mol. The molecule has 0 fully saturated rings. The van der Waals surface area contributed by atoms with Gasteiger partial charge in [0.1, 0.15) is 0 Å². The third-order valence-electron chi connectivity index (χ3n) is 2.35. The largest absolute Gasteiger partial charge is 0.392 e. The zero-order valence-electron chi connectivity index (χ0n) is 10.4. The van der Waals surface area contributed by atoms with Gasteiger partial charge in [0.2, 0.25) is 10.0 Å². The summed E-state index contributed by atoms with van der Waals surface area (Å²) in [6.45, 7) is 0.645. The average molecular weight is 293 g/mol. The lowest BCUT2D eigenvalue weighted by molar-refractivity contribution is 0.281. The SMILES string of the molecule is CN(C)CCNS(=O)(=O)c1ccc(Cl)c(CO)c1. The average Bonchev–Trinajstić information content (AvgIpc) is 2.28. The number of sulfonamides is 1. The van der Waals surface area contributed by atoms with Crippen molar-refractivity contribution in [2.45, 2.75) is 11.5 Å². The molecule has 1 aromatic carbocycles. The van der Waals surface area contributed by atoms with Crippen LogP contribution in [0.5, 0.6) is 0 Å². The molecule has 0 atom stereocenters. The first-order valence-corrected chi connectivity index (χ1v) is 7.26. The van der Waals surface area contributed by atoms with Crippen LogP contribution in [0, 0.1) is 0 Å². The number of hydrogen-bond donors (Lipinski definition) is 2. The second kappa shape index (κ2) is 6.49. The molecule has 1 aromatic rings. The maximum atomic E-state index is 11.9. The molecule has 0 amide bonds. The molecule has 0 bridgehead atoms. The minimum atomic E-state index is -3.55. The van der Waals surface area contributed by atoms with E-state index < -0.39 is 10.0 Å². The van der Waals surface area contributed by atoms with Gasteiger partial charge in [0.25, 0.3) is 0 Å². The van der Waals surface area contributed by atoms with Gasteiger partial charge in [0, 0.05) is 18.1 Å². The van der Waals surface area contributed by atoms with Crippen molar-refractivity contribution in [1.29, 1.82) is 0 Å². The topological polar surface area (TPSA) is 69.6 Å². The first-order valence-electron chi connectivity index (χ1n) is 5.40. The van der Waals surface area contributed by atoms with E-state index in [1.165, 1.54) is 18.2 Å². The number of aliphatic hydroxyl groups is 1. The molecule has 18 heavy (non-hydrogen) atoms. The summed E-state index contributed by atoms with van der Waals surface area (Å²) < 4.78 is 26.4. The first-order chi connectivity index (χ1) is 8.36. The fourth-order valence-corrected chi connectivity index (χ4v) is 2.57. The zero-order valence-corrected chi connectivity index (χ0v) is 11.9. The zero-order chi connectivity index (χ0) is 13.8. The Morgan fingerprint density at radius 1 is 1.39 bits per heavy atom. The highest BCUT2D eigenvalue weighted by molar-refractivity contribution is 7.89. The highest BCUT2D eigenvalue weighted by atomic mass is 35.5. The second-order valence-electron chi connectivity index (χ2n) is 4.11. The van der Waals surface area contributed by atoms with Crippen LogP contribution in [0.1, 0.15) is 5.56 Å². The Balaban J connectivity index is 2.85. The standard InChI is InChI=1S/C11H17ClN2O3S/c1-14(2)6-5-13-18(16,17)10-3-4-11(12)9(7-10)8-15/h3-4,7,13,15H,5-6,8H2,1-2H3. The van der Waals surface area contributed by atoms with E-state index in [1.807, 2.05) is 19.0 Å². The maximum Gasteiger partial charge on any atom is 0.240 e. The van der Waals surface area contributed by atoms with E-state index in [1.54, 1.807) is 0 Å². The van der Waals surface area contributed by atoms with Crippen LogP contribution in [0.3, 0.4) is 0 Å². The summed E-state index contributed by atoms with van der Waals surface area (Å²) in [5, 5.41) is 9.40. The van der Waals surface area contributed by atoms with E-state index in [0.29, 0.717) is 23.7 Å². The predicted octanol–water partition coefficient (Wildman–Crippen LogP) is 0.672. The number of rotatable bonds is 6. The van der Waals surface area contributed by atoms with E-state index in [9.17, 15) is 8.42 Å². The Bertz CT molecular complexity index is 503. The molecule has 1 rings (SSSR count). The van der Waals surface area contributed by atoms with Gasteiger partial charge in [-0.3, -0.25) is 0 Å². The van der Waals surface area contributed by atoms with Crippen molar-refractivity contribution in [3.8, 4) is 0 Å².